The van der Waals surface area contributed by atoms with Crippen molar-refractivity contribution in [2.24, 2.45) is 0 Å². The molecule has 0 radical (unpaired) electrons. The average Bonchev–Trinajstić information content (AvgIpc) is 2.43. The second-order valence-corrected chi connectivity index (χ2v) is 4.30. The fourth-order valence-corrected chi connectivity index (χ4v) is 1.72. The number of carboxylic acids is 1. The molecule has 0 heterocycles. The van der Waals surface area contributed by atoms with Crippen LogP contribution in [0.5, 0.6) is 0 Å². The zero-order chi connectivity index (χ0) is 15.0. The number of carbonyl (C=O) groups excluding carboxylic acids is 1. The van der Waals surface area contributed by atoms with Crippen LogP contribution in [0.4, 0.5) is 10.5 Å². The van der Waals surface area contributed by atoms with Gasteiger partial charge in [-0.3, -0.25) is 0 Å². The molecule has 0 unspecified atom stereocenters. The highest BCUT2D eigenvalue weighted by Gasteiger charge is 2.09. The number of hydrogen-bond donors (Lipinski definition) is 2. The summed E-state index contributed by atoms with van der Waals surface area (Å²) in [6.07, 6.45) is 3.50. The Morgan fingerprint density at radius 1 is 1.25 bits per heavy atom. The monoisotopic (exact) mass is 276 g/mol. The van der Waals surface area contributed by atoms with Gasteiger partial charge in [0.15, 0.2) is 0 Å². The predicted octanol–water partition coefficient (Wildman–Crippen LogP) is 3.05. The van der Waals surface area contributed by atoms with E-state index in [0.29, 0.717) is 12.2 Å². The maximum atomic E-state index is 12.0. The van der Waals surface area contributed by atoms with Gasteiger partial charge in [0.05, 0.1) is 0 Å². The molecule has 20 heavy (non-hydrogen) atoms. The highest BCUT2D eigenvalue weighted by molar-refractivity contribution is 5.89. The van der Waals surface area contributed by atoms with E-state index in [1.54, 1.807) is 29.2 Å². The van der Waals surface area contributed by atoms with Crippen molar-refractivity contribution in [1.29, 1.82) is 0 Å². The van der Waals surface area contributed by atoms with Crippen molar-refractivity contribution in [1.82, 2.24) is 4.90 Å². The van der Waals surface area contributed by atoms with E-state index in [9.17, 15) is 9.59 Å². The molecule has 1 aromatic rings. The minimum absolute atomic E-state index is 0.122. The molecule has 108 valence electrons. The Kier molecular flexibility index (Phi) is 6.29. The number of anilines is 1. The molecule has 5 nitrogen and oxygen atoms in total. The van der Waals surface area contributed by atoms with Crippen LogP contribution < -0.4 is 5.32 Å². The van der Waals surface area contributed by atoms with Gasteiger partial charge < -0.3 is 15.3 Å². The lowest BCUT2D eigenvalue weighted by atomic mass is 10.2. The fraction of sp³-hybridized carbons (Fsp3) is 0.333. The van der Waals surface area contributed by atoms with Gasteiger partial charge in [-0.15, -0.1) is 0 Å². The maximum Gasteiger partial charge on any atom is 0.328 e. The Labute approximate surface area is 118 Å². The van der Waals surface area contributed by atoms with Crippen LogP contribution in [0.1, 0.15) is 25.8 Å². The summed E-state index contributed by atoms with van der Waals surface area (Å²) in [5, 5.41) is 11.4. The molecule has 0 aliphatic rings. The van der Waals surface area contributed by atoms with Crippen LogP contribution in [0.2, 0.25) is 0 Å². The third kappa shape index (κ3) is 5.14. The highest BCUT2D eigenvalue weighted by atomic mass is 16.4. The lowest BCUT2D eigenvalue weighted by molar-refractivity contribution is -0.131. The number of urea groups is 1. The summed E-state index contributed by atoms with van der Waals surface area (Å²) in [5.41, 5.74) is 1.46. The molecule has 1 rings (SSSR count). The largest absolute Gasteiger partial charge is 0.478 e. The van der Waals surface area contributed by atoms with Gasteiger partial charge in [0.2, 0.25) is 0 Å². The number of nitrogens with one attached hydrogen (secondary N) is 1. The molecule has 0 saturated heterocycles. The molecule has 2 N–H and O–H groups in total. The van der Waals surface area contributed by atoms with E-state index in [-0.39, 0.29) is 6.03 Å². The van der Waals surface area contributed by atoms with Crippen molar-refractivity contribution in [3.05, 3.63) is 35.9 Å². The van der Waals surface area contributed by atoms with Crippen LogP contribution in [0.3, 0.4) is 0 Å². The van der Waals surface area contributed by atoms with Crippen LogP contribution in [0, 0.1) is 0 Å². The lowest BCUT2D eigenvalue weighted by Crippen LogP contribution is -2.35. The molecule has 0 bridgehead atoms. The lowest BCUT2D eigenvalue weighted by Gasteiger charge is -2.20. The Bertz CT molecular complexity index is 480. The van der Waals surface area contributed by atoms with Crippen LogP contribution in [0.25, 0.3) is 6.08 Å². The van der Waals surface area contributed by atoms with Gasteiger partial charge in [0, 0.05) is 24.9 Å². The summed E-state index contributed by atoms with van der Waals surface area (Å²) < 4.78 is 0. The van der Waals surface area contributed by atoms with Gasteiger partial charge >= 0.3 is 12.0 Å². The second kappa shape index (κ2) is 7.99. The smallest absolute Gasteiger partial charge is 0.328 e. The predicted molar refractivity (Wildman–Crippen MR) is 79.7 cm³/mol. The molecular weight excluding hydrogens is 256 g/mol. The van der Waals surface area contributed by atoms with Crippen molar-refractivity contribution in [3.8, 4) is 0 Å². The van der Waals surface area contributed by atoms with Crippen LogP contribution >= 0.6 is 0 Å². The summed E-state index contributed by atoms with van der Waals surface area (Å²) >= 11 is 0. The first-order chi connectivity index (χ1) is 9.56. The zero-order valence-electron chi connectivity index (χ0n) is 11.8. The SMILES string of the molecule is CCCN(CC)C(=O)Nc1ccc(/C=C/C(=O)O)cc1. The standard InChI is InChI=1S/C15H20N2O3/c1-3-11-17(4-2)15(20)16-13-8-5-12(6-9-13)7-10-14(18)19/h5-10H,3-4,11H2,1-2H3,(H,16,20)(H,18,19)/b10-7+. The van der Waals surface area contributed by atoms with E-state index < -0.39 is 5.97 Å². The van der Waals surface area contributed by atoms with Crippen molar-refractivity contribution < 1.29 is 14.7 Å². The minimum Gasteiger partial charge on any atom is -0.478 e. The van der Waals surface area contributed by atoms with Crippen molar-refractivity contribution in [2.45, 2.75) is 20.3 Å². The third-order valence-corrected chi connectivity index (χ3v) is 2.74. The van der Waals surface area contributed by atoms with Gasteiger partial charge in [-0.2, -0.15) is 0 Å². The Hall–Kier alpha value is -2.30. The number of carboxylic acid groups (broad SMARTS) is 1. The summed E-state index contributed by atoms with van der Waals surface area (Å²) in [4.78, 5) is 24.1. The average molecular weight is 276 g/mol. The van der Waals surface area contributed by atoms with Crippen LogP contribution in [-0.4, -0.2) is 35.1 Å². The molecule has 0 spiro atoms. The Balaban J connectivity index is 2.65. The first kappa shape index (κ1) is 15.8. The topological polar surface area (TPSA) is 69.6 Å². The van der Waals surface area contributed by atoms with Gasteiger partial charge in [0.1, 0.15) is 0 Å². The Morgan fingerprint density at radius 3 is 2.40 bits per heavy atom. The van der Waals surface area contributed by atoms with Crippen LogP contribution in [-0.2, 0) is 4.79 Å². The molecule has 0 fully saturated rings. The first-order valence-electron chi connectivity index (χ1n) is 6.63. The van der Waals surface area contributed by atoms with Gasteiger partial charge in [-0.1, -0.05) is 19.1 Å². The van der Waals surface area contributed by atoms with E-state index in [4.69, 9.17) is 5.11 Å². The zero-order valence-corrected chi connectivity index (χ0v) is 11.8. The summed E-state index contributed by atoms with van der Waals surface area (Å²) in [6.45, 7) is 5.36. The van der Waals surface area contributed by atoms with E-state index in [0.717, 1.165) is 24.6 Å². The Morgan fingerprint density at radius 2 is 1.90 bits per heavy atom. The summed E-state index contributed by atoms with van der Waals surface area (Å²) in [5.74, 6) is -0.986. The first-order valence-corrected chi connectivity index (χ1v) is 6.63. The number of hydrogen-bond acceptors (Lipinski definition) is 2. The normalized spacial score (nSPS) is 10.5. The summed E-state index contributed by atoms with van der Waals surface area (Å²) in [7, 11) is 0. The van der Waals surface area contributed by atoms with Crippen molar-refractivity contribution in [2.75, 3.05) is 18.4 Å². The fourth-order valence-electron chi connectivity index (χ4n) is 1.72. The van der Waals surface area contributed by atoms with E-state index in [2.05, 4.69) is 5.32 Å². The minimum atomic E-state index is -0.986. The number of benzene rings is 1. The molecule has 0 atom stereocenters. The van der Waals surface area contributed by atoms with E-state index in [1.165, 1.54) is 6.08 Å². The van der Waals surface area contributed by atoms with Crippen molar-refractivity contribution >= 4 is 23.8 Å². The maximum absolute atomic E-state index is 12.0. The van der Waals surface area contributed by atoms with Gasteiger partial charge in [-0.05, 0) is 37.1 Å². The van der Waals surface area contributed by atoms with E-state index in [1.807, 2.05) is 13.8 Å². The number of aliphatic carboxylic acids is 1. The molecule has 2 amide bonds. The molecule has 0 aromatic heterocycles. The number of rotatable bonds is 6. The molecule has 5 heteroatoms. The quantitative estimate of drug-likeness (QED) is 0.784. The van der Waals surface area contributed by atoms with E-state index >= 15 is 0 Å². The number of nitrogens with zero attached hydrogens (tertiary/aromatic N) is 1. The van der Waals surface area contributed by atoms with Gasteiger partial charge in [-0.25, -0.2) is 9.59 Å². The molecule has 0 aliphatic heterocycles. The third-order valence-electron chi connectivity index (χ3n) is 2.74. The molecule has 0 aliphatic carbocycles. The van der Waals surface area contributed by atoms with Crippen molar-refractivity contribution in [3.63, 3.8) is 0 Å². The molecule has 1 aromatic carbocycles. The second-order valence-electron chi connectivity index (χ2n) is 4.30. The highest BCUT2D eigenvalue weighted by Crippen LogP contribution is 2.11. The van der Waals surface area contributed by atoms with Crippen LogP contribution in [0.15, 0.2) is 30.3 Å². The number of carbonyl (C=O) groups is 2. The summed E-state index contributed by atoms with van der Waals surface area (Å²) in [6, 6.07) is 6.89. The molecule has 0 saturated carbocycles. The number of amides is 2. The molecular formula is C15H20N2O3. The van der Waals surface area contributed by atoms with Gasteiger partial charge in [0.25, 0.3) is 0 Å².